The molecule has 60 heavy (non-hydrogen) atoms. The number of hydrogen-bond donors (Lipinski definition) is 3. The van der Waals surface area contributed by atoms with Crippen LogP contribution in [0.3, 0.4) is 0 Å². The van der Waals surface area contributed by atoms with E-state index in [0.717, 1.165) is 4.90 Å². The number of ether oxygens (including phenoxy) is 3. The van der Waals surface area contributed by atoms with Gasteiger partial charge in [-0.3, -0.25) is 19.1 Å². The predicted octanol–water partition coefficient (Wildman–Crippen LogP) is 4.96. The maximum atomic E-state index is 16.3. The van der Waals surface area contributed by atoms with Crippen molar-refractivity contribution >= 4 is 44.9 Å². The molecule has 0 unspecified atom stereocenters. The Morgan fingerprint density at radius 3 is 2.37 bits per heavy atom. The number of methoxy groups -OCH3 is 1. The maximum absolute atomic E-state index is 16.3. The summed E-state index contributed by atoms with van der Waals surface area (Å²) in [7, 11) is -2.90. The zero-order chi connectivity index (χ0) is 44.0. The molecule has 3 saturated carbocycles. The first kappa shape index (κ1) is 43.6. The Hall–Kier alpha value is -4.49. The zero-order valence-corrected chi connectivity index (χ0v) is 35.4. The van der Waals surface area contributed by atoms with Gasteiger partial charge in [0.2, 0.25) is 34.1 Å². The second kappa shape index (κ2) is 14.9. The van der Waals surface area contributed by atoms with Crippen LogP contribution in [0.2, 0.25) is 0 Å². The molecule has 3 N–H and O–H groups in total. The van der Waals surface area contributed by atoms with Gasteiger partial charge in [-0.05, 0) is 69.9 Å². The lowest BCUT2D eigenvalue weighted by Gasteiger charge is -2.36. The van der Waals surface area contributed by atoms with Crippen molar-refractivity contribution in [2.75, 3.05) is 13.7 Å². The van der Waals surface area contributed by atoms with Crippen molar-refractivity contribution in [2.45, 2.75) is 139 Å². The van der Waals surface area contributed by atoms with Crippen LogP contribution in [0, 0.1) is 23.2 Å². The molecule has 330 valence electrons. The van der Waals surface area contributed by atoms with Crippen molar-refractivity contribution in [1.29, 1.82) is 0 Å². The van der Waals surface area contributed by atoms with E-state index in [0.29, 0.717) is 25.0 Å². The van der Waals surface area contributed by atoms with Crippen LogP contribution in [0.5, 0.6) is 11.6 Å². The van der Waals surface area contributed by atoms with Crippen LogP contribution in [-0.4, -0.2) is 101 Å². The molecule has 2 aliphatic heterocycles. The lowest BCUT2D eigenvalue weighted by Crippen LogP contribution is -2.61. The normalized spacial score (nSPS) is 32.6. The van der Waals surface area contributed by atoms with Crippen molar-refractivity contribution in [1.82, 2.24) is 30.2 Å². The summed E-state index contributed by atoms with van der Waals surface area (Å²) >= 11 is 0. The van der Waals surface area contributed by atoms with Gasteiger partial charge in [-0.2, -0.15) is 8.78 Å². The maximum Gasteiger partial charge on any atom is 0.408 e. The van der Waals surface area contributed by atoms with Gasteiger partial charge in [-0.15, -0.1) is 0 Å². The van der Waals surface area contributed by atoms with E-state index < -0.39 is 128 Å². The number of alkyl halides is 4. The van der Waals surface area contributed by atoms with Crippen LogP contribution in [0.1, 0.15) is 98.6 Å². The first-order valence-electron chi connectivity index (χ1n) is 20.2. The van der Waals surface area contributed by atoms with Gasteiger partial charge in [0, 0.05) is 24.3 Å². The molecule has 7 rings (SSSR count). The highest BCUT2D eigenvalue weighted by Crippen LogP contribution is 2.51. The number of benzene rings is 1. The van der Waals surface area contributed by atoms with Crippen LogP contribution in [0.25, 0.3) is 11.0 Å². The minimum Gasteiger partial charge on any atom is -0.497 e. The SMILES string of the molecule is COc1ccc2nc3c(nc2c1)O[C@H]1CN(C(=O)[C@H](C(C)(C)C)NC(=O)O[C@]2(C)C[C@H]2CCCCC3(F)F)[C@H](C(=O)N[C@]2(C(=O)NS(=O)(=O)C3(C)CC3)C[C@H]2C(F)F)[C@@H]1C. The number of carbonyl (C=O) groups excluding carboxylic acids is 4. The average molecular weight is 869 g/mol. The van der Waals surface area contributed by atoms with E-state index in [1.165, 1.54) is 33.1 Å². The van der Waals surface area contributed by atoms with Crippen molar-refractivity contribution < 1.29 is 59.4 Å². The lowest BCUT2D eigenvalue weighted by atomic mass is 9.85. The van der Waals surface area contributed by atoms with Gasteiger partial charge in [0.1, 0.15) is 35.1 Å². The predicted molar refractivity (Wildman–Crippen MR) is 207 cm³/mol. The summed E-state index contributed by atoms with van der Waals surface area (Å²) < 4.78 is 105. The molecule has 0 radical (unpaired) electrons. The fourth-order valence-corrected chi connectivity index (χ4v) is 9.75. The second-order valence-corrected chi connectivity index (χ2v) is 20.9. The van der Waals surface area contributed by atoms with E-state index in [4.69, 9.17) is 14.2 Å². The third-order valence-electron chi connectivity index (χ3n) is 13.0. The van der Waals surface area contributed by atoms with Crippen molar-refractivity contribution in [2.24, 2.45) is 23.2 Å². The highest BCUT2D eigenvalue weighted by atomic mass is 32.2. The minimum absolute atomic E-state index is 0.0828. The Kier molecular flexibility index (Phi) is 10.8. The quantitative estimate of drug-likeness (QED) is 0.319. The summed E-state index contributed by atoms with van der Waals surface area (Å²) in [6, 6.07) is 1.53. The third kappa shape index (κ3) is 8.03. The lowest BCUT2D eigenvalue weighted by molar-refractivity contribution is -0.143. The summed E-state index contributed by atoms with van der Waals surface area (Å²) in [5.74, 6) is -10.0. The Bertz CT molecular complexity index is 2200. The highest BCUT2D eigenvalue weighted by molar-refractivity contribution is 7.91. The number of aromatic nitrogens is 2. The molecule has 2 aromatic rings. The summed E-state index contributed by atoms with van der Waals surface area (Å²) in [5.41, 5.74) is -4.77. The first-order chi connectivity index (χ1) is 27.8. The largest absolute Gasteiger partial charge is 0.497 e. The van der Waals surface area contributed by atoms with Gasteiger partial charge in [0.25, 0.3) is 11.8 Å². The van der Waals surface area contributed by atoms with E-state index in [-0.39, 0.29) is 36.2 Å². The molecule has 1 saturated heterocycles. The first-order valence-corrected chi connectivity index (χ1v) is 21.7. The molecule has 15 nitrogen and oxygen atoms in total. The fourth-order valence-electron chi connectivity index (χ4n) is 8.44. The number of nitrogens with one attached hydrogen (secondary N) is 3. The number of amides is 4. The average Bonchev–Trinajstić information content (AvgIpc) is 4.11. The van der Waals surface area contributed by atoms with E-state index in [9.17, 15) is 36.4 Å². The summed E-state index contributed by atoms with van der Waals surface area (Å²) in [5, 5.41) is 5.04. The Balaban J connectivity index is 1.29. The summed E-state index contributed by atoms with van der Waals surface area (Å²) in [6.45, 7) is 9.14. The monoisotopic (exact) mass is 868 g/mol. The van der Waals surface area contributed by atoms with Gasteiger partial charge in [-0.25, -0.2) is 32.0 Å². The van der Waals surface area contributed by atoms with Gasteiger partial charge in [0.05, 0.1) is 35.4 Å². The summed E-state index contributed by atoms with van der Waals surface area (Å²) in [4.78, 5) is 66.2. The molecule has 4 amide bonds. The molecule has 3 aliphatic carbocycles. The van der Waals surface area contributed by atoms with Crippen LogP contribution in [0.15, 0.2) is 18.2 Å². The van der Waals surface area contributed by atoms with Gasteiger partial charge in [0.15, 0.2) is 5.69 Å². The molecule has 1 aromatic heterocycles. The van der Waals surface area contributed by atoms with E-state index in [1.54, 1.807) is 33.8 Å². The third-order valence-corrected chi connectivity index (χ3v) is 15.2. The number of hydrogen-bond acceptors (Lipinski definition) is 11. The smallest absolute Gasteiger partial charge is 0.408 e. The molecule has 2 bridgehead atoms. The molecular formula is C40H52F4N6O9S. The van der Waals surface area contributed by atoms with Gasteiger partial charge >= 0.3 is 6.09 Å². The number of carbonyl (C=O) groups is 4. The van der Waals surface area contributed by atoms with Crippen LogP contribution < -0.4 is 24.8 Å². The molecule has 0 spiro atoms. The minimum atomic E-state index is -4.31. The number of alkyl carbamates (subject to hydrolysis) is 1. The molecule has 8 atom stereocenters. The molecule has 5 aliphatic rings. The number of nitrogens with zero attached hydrogens (tertiary/aromatic N) is 3. The van der Waals surface area contributed by atoms with E-state index >= 15 is 8.78 Å². The molecule has 4 fully saturated rings. The van der Waals surface area contributed by atoms with E-state index in [1.807, 2.05) is 4.72 Å². The second-order valence-electron chi connectivity index (χ2n) is 18.7. The fraction of sp³-hybridized carbons (Fsp3) is 0.700. The van der Waals surface area contributed by atoms with Crippen molar-refractivity contribution in [3.05, 3.63) is 23.9 Å². The number of sulfonamides is 1. The van der Waals surface area contributed by atoms with Crippen molar-refractivity contribution in [3.63, 3.8) is 0 Å². The summed E-state index contributed by atoms with van der Waals surface area (Å²) in [6.07, 6.45) is -4.62. The Morgan fingerprint density at radius 1 is 1.05 bits per heavy atom. The van der Waals surface area contributed by atoms with Gasteiger partial charge in [-0.1, -0.05) is 34.1 Å². The van der Waals surface area contributed by atoms with Crippen molar-refractivity contribution in [3.8, 4) is 11.6 Å². The molecular weight excluding hydrogens is 817 g/mol. The van der Waals surface area contributed by atoms with Crippen LogP contribution in [0.4, 0.5) is 22.4 Å². The topological polar surface area (TPSA) is 195 Å². The van der Waals surface area contributed by atoms with E-state index in [2.05, 4.69) is 20.6 Å². The molecule has 20 heteroatoms. The van der Waals surface area contributed by atoms with Crippen LogP contribution >= 0.6 is 0 Å². The zero-order valence-electron chi connectivity index (χ0n) is 34.6. The van der Waals surface area contributed by atoms with Crippen LogP contribution in [-0.2, 0) is 35.1 Å². The van der Waals surface area contributed by atoms with Gasteiger partial charge < -0.3 is 29.7 Å². The number of rotatable bonds is 7. The molecule has 1 aromatic carbocycles. The number of halogens is 4. The highest BCUT2D eigenvalue weighted by Gasteiger charge is 2.68. The number of fused-ring (bicyclic) bond motifs is 5. The molecule has 3 heterocycles. The Morgan fingerprint density at radius 2 is 1.75 bits per heavy atom. The Labute approximate surface area is 345 Å². The standard InChI is InChI=1S/C40H52F4N6O9S/c1-20-26-19-50(27(20)31(51)48-39(18-23(39)30(41)42)34(53)49-60(55,56)37(5)14-15-37)33(52)29(36(2,3)4)47-35(54)59-38(6)17-21(38)10-8-9-13-40(43,44)28-32(58-26)46-25-16-22(57-7)11-12-24(25)45-28/h11-12,16,20-21,23,26-27,29-30H,8-10,13-15,17-19H2,1-7H3,(H,47,54)(H,48,51)(H,49,53)/t20-,21-,23+,26+,27+,29-,38-,39-/m1/s1.